The molecule has 1 saturated heterocycles. The molecule has 1 fully saturated rings. The summed E-state index contributed by atoms with van der Waals surface area (Å²) >= 11 is 0. The van der Waals surface area contributed by atoms with Crippen molar-refractivity contribution < 1.29 is 9.53 Å². The van der Waals surface area contributed by atoms with Gasteiger partial charge in [-0.1, -0.05) is 30.3 Å². The fourth-order valence-electron chi connectivity index (χ4n) is 2.78. The van der Waals surface area contributed by atoms with E-state index >= 15 is 0 Å². The van der Waals surface area contributed by atoms with Crippen molar-refractivity contribution in [3.63, 3.8) is 0 Å². The minimum atomic E-state index is -0.0540. The minimum Gasteiger partial charge on any atom is -0.466 e. The molecule has 2 atom stereocenters. The average Bonchev–Trinajstić information content (AvgIpc) is 2.87. The normalized spacial score (nSPS) is 21.3. The molecular formula is C16H23NO2. The lowest BCUT2D eigenvalue weighted by Gasteiger charge is -2.24. The Balaban J connectivity index is 1.86. The lowest BCUT2D eigenvalue weighted by atomic mass is 10.0. The summed E-state index contributed by atoms with van der Waals surface area (Å²) in [6.45, 7) is 6.64. The highest BCUT2D eigenvalue weighted by Gasteiger charge is 2.28. The Labute approximate surface area is 115 Å². The second kappa shape index (κ2) is 6.71. The highest BCUT2D eigenvalue weighted by atomic mass is 16.5. The van der Waals surface area contributed by atoms with Gasteiger partial charge in [-0.3, -0.25) is 9.69 Å². The first-order valence-corrected chi connectivity index (χ1v) is 7.15. The second-order valence-electron chi connectivity index (χ2n) is 5.25. The molecule has 0 aliphatic carbocycles. The van der Waals surface area contributed by atoms with E-state index in [9.17, 15) is 4.79 Å². The van der Waals surface area contributed by atoms with Crippen molar-refractivity contribution in [2.45, 2.75) is 32.7 Å². The Morgan fingerprint density at radius 1 is 1.42 bits per heavy atom. The van der Waals surface area contributed by atoms with E-state index in [4.69, 9.17) is 4.74 Å². The van der Waals surface area contributed by atoms with Crippen molar-refractivity contribution in [1.82, 2.24) is 4.90 Å². The maximum atomic E-state index is 11.5. The molecule has 0 amide bonds. The van der Waals surface area contributed by atoms with Gasteiger partial charge in [0.05, 0.1) is 6.61 Å². The van der Waals surface area contributed by atoms with Gasteiger partial charge >= 0.3 is 5.97 Å². The van der Waals surface area contributed by atoms with Gasteiger partial charge in [0.15, 0.2) is 0 Å². The van der Waals surface area contributed by atoms with Gasteiger partial charge in [-0.2, -0.15) is 0 Å². The topological polar surface area (TPSA) is 29.5 Å². The van der Waals surface area contributed by atoms with E-state index in [0.29, 0.717) is 25.0 Å². The minimum absolute atomic E-state index is 0.0540. The SMILES string of the molecule is CCOC(=O)C[C@@H]1CCN([C@@H](C)c2ccccc2)C1. The Morgan fingerprint density at radius 2 is 2.16 bits per heavy atom. The molecule has 19 heavy (non-hydrogen) atoms. The third-order valence-electron chi connectivity index (χ3n) is 3.91. The highest BCUT2D eigenvalue weighted by Crippen LogP contribution is 2.28. The van der Waals surface area contributed by atoms with Gasteiger partial charge in [0, 0.05) is 19.0 Å². The molecule has 0 bridgehead atoms. The van der Waals surface area contributed by atoms with E-state index in [1.807, 2.05) is 13.0 Å². The van der Waals surface area contributed by atoms with Crippen LogP contribution in [0.3, 0.4) is 0 Å². The van der Waals surface area contributed by atoms with Crippen LogP contribution in [-0.2, 0) is 9.53 Å². The number of likely N-dealkylation sites (tertiary alicyclic amines) is 1. The van der Waals surface area contributed by atoms with Gasteiger partial charge in [0.25, 0.3) is 0 Å². The van der Waals surface area contributed by atoms with Gasteiger partial charge in [0.1, 0.15) is 0 Å². The van der Waals surface area contributed by atoms with E-state index in [1.54, 1.807) is 0 Å². The van der Waals surface area contributed by atoms with Crippen LogP contribution in [0, 0.1) is 5.92 Å². The first-order chi connectivity index (χ1) is 9.20. The zero-order chi connectivity index (χ0) is 13.7. The van der Waals surface area contributed by atoms with Crippen LogP contribution in [0.25, 0.3) is 0 Å². The van der Waals surface area contributed by atoms with Gasteiger partial charge in [0.2, 0.25) is 0 Å². The number of carbonyl (C=O) groups excluding carboxylic acids is 1. The zero-order valence-electron chi connectivity index (χ0n) is 11.8. The van der Waals surface area contributed by atoms with E-state index in [2.05, 4.69) is 36.1 Å². The first-order valence-electron chi connectivity index (χ1n) is 7.15. The van der Waals surface area contributed by atoms with Gasteiger partial charge < -0.3 is 4.74 Å². The Bertz CT molecular complexity index is 404. The standard InChI is InChI=1S/C16H23NO2/c1-3-19-16(18)11-14-9-10-17(12-14)13(2)15-7-5-4-6-8-15/h4-8,13-14H,3,9-12H2,1-2H3/t13-,14-/m0/s1. The highest BCUT2D eigenvalue weighted by molar-refractivity contribution is 5.69. The quantitative estimate of drug-likeness (QED) is 0.763. The molecule has 0 saturated carbocycles. The molecule has 104 valence electrons. The van der Waals surface area contributed by atoms with Crippen molar-refractivity contribution in [2.24, 2.45) is 5.92 Å². The monoisotopic (exact) mass is 261 g/mol. The molecule has 0 unspecified atom stereocenters. The smallest absolute Gasteiger partial charge is 0.306 e. The maximum Gasteiger partial charge on any atom is 0.306 e. The second-order valence-corrected chi connectivity index (χ2v) is 5.25. The third-order valence-corrected chi connectivity index (χ3v) is 3.91. The zero-order valence-corrected chi connectivity index (χ0v) is 11.8. The summed E-state index contributed by atoms with van der Waals surface area (Å²) in [6.07, 6.45) is 1.65. The fraction of sp³-hybridized carbons (Fsp3) is 0.562. The number of hydrogen-bond acceptors (Lipinski definition) is 3. The Morgan fingerprint density at radius 3 is 2.84 bits per heavy atom. The van der Waals surface area contributed by atoms with Crippen LogP contribution in [-0.4, -0.2) is 30.6 Å². The summed E-state index contributed by atoms with van der Waals surface area (Å²) in [7, 11) is 0. The first kappa shape index (κ1) is 14.1. The van der Waals surface area contributed by atoms with Crippen LogP contribution in [0.5, 0.6) is 0 Å². The number of carbonyl (C=O) groups is 1. The molecule has 1 heterocycles. The van der Waals surface area contributed by atoms with Crippen LogP contribution >= 0.6 is 0 Å². The molecule has 0 spiro atoms. The van der Waals surface area contributed by atoms with Crippen molar-refractivity contribution in [3.8, 4) is 0 Å². The van der Waals surface area contributed by atoms with E-state index in [-0.39, 0.29) is 5.97 Å². The molecule has 0 N–H and O–H groups in total. The average molecular weight is 261 g/mol. The number of benzene rings is 1. The molecule has 1 aliphatic heterocycles. The molecule has 0 radical (unpaired) electrons. The third kappa shape index (κ3) is 3.80. The lowest BCUT2D eigenvalue weighted by Crippen LogP contribution is -2.25. The summed E-state index contributed by atoms with van der Waals surface area (Å²) in [5.74, 6) is 0.395. The largest absolute Gasteiger partial charge is 0.466 e. The molecule has 3 nitrogen and oxygen atoms in total. The number of ether oxygens (including phenoxy) is 1. The number of rotatable bonds is 5. The van der Waals surface area contributed by atoms with Crippen LogP contribution in [0.1, 0.15) is 38.3 Å². The number of esters is 1. The molecule has 0 aromatic heterocycles. The van der Waals surface area contributed by atoms with Crippen LogP contribution in [0.2, 0.25) is 0 Å². The van der Waals surface area contributed by atoms with Crippen molar-refractivity contribution in [1.29, 1.82) is 0 Å². The molecule has 1 aromatic rings. The number of nitrogens with zero attached hydrogens (tertiary/aromatic N) is 1. The van der Waals surface area contributed by atoms with E-state index < -0.39 is 0 Å². The lowest BCUT2D eigenvalue weighted by molar-refractivity contribution is -0.144. The van der Waals surface area contributed by atoms with E-state index in [1.165, 1.54) is 5.56 Å². The van der Waals surface area contributed by atoms with Gasteiger partial charge in [-0.05, 0) is 38.3 Å². The van der Waals surface area contributed by atoms with Crippen LogP contribution < -0.4 is 0 Å². The molecule has 1 aliphatic rings. The Hall–Kier alpha value is -1.35. The predicted molar refractivity (Wildman–Crippen MR) is 75.8 cm³/mol. The summed E-state index contributed by atoms with van der Waals surface area (Å²) < 4.78 is 5.03. The van der Waals surface area contributed by atoms with Crippen LogP contribution in [0.15, 0.2) is 30.3 Å². The predicted octanol–water partition coefficient (Wildman–Crippen LogP) is 3.02. The number of hydrogen-bond donors (Lipinski definition) is 0. The summed E-state index contributed by atoms with van der Waals surface area (Å²) in [5.41, 5.74) is 1.35. The molecule has 2 rings (SSSR count). The maximum absolute atomic E-state index is 11.5. The van der Waals surface area contributed by atoms with Gasteiger partial charge in [-0.15, -0.1) is 0 Å². The summed E-state index contributed by atoms with van der Waals surface area (Å²) in [5, 5.41) is 0. The summed E-state index contributed by atoms with van der Waals surface area (Å²) in [6, 6.07) is 11.0. The van der Waals surface area contributed by atoms with Crippen molar-refractivity contribution in [3.05, 3.63) is 35.9 Å². The van der Waals surface area contributed by atoms with E-state index in [0.717, 1.165) is 19.5 Å². The molecular weight excluding hydrogens is 238 g/mol. The van der Waals surface area contributed by atoms with Crippen molar-refractivity contribution >= 4 is 5.97 Å². The van der Waals surface area contributed by atoms with Crippen LogP contribution in [0.4, 0.5) is 0 Å². The molecule has 1 aromatic carbocycles. The van der Waals surface area contributed by atoms with Crippen molar-refractivity contribution in [2.75, 3.05) is 19.7 Å². The Kier molecular flexibility index (Phi) is 4.97. The van der Waals surface area contributed by atoms with Gasteiger partial charge in [-0.25, -0.2) is 0 Å². The summed E-state index contributed by atoms with van der Waals surface area (Å²) in [4.78, 5) is 14.0. The molecule has 3 heteroatoms. The fourth-order valence-corrected chi connectivity index (χ4v) is 2.78.